The van der Waals surface area contributed by atoms with E-state index in [9.17, 15) is 4.39 Å². The van der Waals surface area contributed by atoms with Crippen molar-refractivity contribution in [3.8, 4) is 11.6 Å². The minimum Gasteiger partial charge on any atom is -0.437 e. The lowest BCUT2D eigenvalue weighted by Gasteiger charge is -2.10. The van der Waals surface area contributed by atoms with E-state index in [1.54, 1.807) is 6.20 Å². The molecule has 0 aliphatic carbocycles. The summed E-state index contributed by atoms with van der Waals surface area (Å²) < 4.78 is 18.5. The fraction of sp³-hybridized carbons (Fsp3) is 0.231. The molecule has 100 valence electrons. The maximum atomic E-state index is 13.0. The quantitative estimate of drug-likeness (QED) is 0.926. The fourth-order valence-corrected chi connectivity index (χ4v) is 1.64. The van der Waals surface area contributed by atoms with Crippen molar-refractivity contribution in [2.75, 3.05) is 11.9 Å². The van der Waals surface area contributed by atoms with Gasteiger partial charge in [0, 0.05) is 18.3 Å². The van der Waals surface area contributed by atoms with Crippen LogP contribution in [0.25, 0.3) is 0 Å². The molecule has 0 aliphatic rings. The van der Waals surface area contributed by atoms with Gasteiger partial charge in [-0.25, -0.2) is 9.37 Å². The molecule has 0 fully saturated rings. The van der Waals surface area contributed by atoms with E-state index in [4.69, 9.17) is 16.3 Å². The van der Waals surface area contributed by atoms with Crippen molar-refractivity contribution in [1.82, 2.24) is 9.97 Å². The summed E-state index contributed by atoms with van der Waals surface area (Å²) in [4.78, 5) is 8.34. The summed E-state index contributed by atoms with van der Waals surface area (Å²) >= 11 is 5.91. The first-order valence-corrected chi connectivity index (χ1v) is 6.18. The first-order chi connectivity index (χ1) is 9.10. The molecule has 1 aromatic heterocycles. The Kier molecular flexibility index (Phi) is 4.16. The van der Waals surface area contributed by atoms with Crippen molar-refractivity contribution < 1.29 is 9.13 Å². The van der Waals surface area contributed by atoms with Gasteiger partial charge in [0.05, 0.1) is 5.02 Å². The number of nitrogens with zero attached hydrogens (tertiary/aromatic N) is 2. The minimum atomic E-state index is -0.412. The van der Waals surface area contributed by atoms with Crippen molar-refractivity contribution in [3.05, 3.63) is 40.8 Å². The van der Waals surface area contributed by atoms with E-state index < -0.39 is 5.82 Å². The van der Waals surface area contributed by atoms with Gasteiger partial charge in [-0.1, -0.05) is 11.6 Å². The summed E-state index contributed by atoms with van der Waals surface area (Å²) in [6, 6.07) is 3.94. The van der Waals surface area contributed by atoms with Gasteiger partial charge in [-0.05, 0) is 32.0 Å². The van der Waals surface area contributed by atoms with Crippen LogP contribution >= 0.6 is 11.6 Å². The second-order valence-corrected chi connectivity index (χ2v) is 4.30. The minimum absolute atomic E-state index is 0.197. The highest BCUT2D eigenvalue weighted by Crippen LogP contribution is 2.30. The Morgan fingerprint density at radius 3 is 2.89 bits per heavy atom. The van der Waals surface area contributed by atoms with E-state index in [0.717, 1.165) is 5.56 Å². The fourth-order valence-electron chi connectivity index (χ4n) is 1.44. The van der Waals surface area contributed by atoms with Gasteiger partial charge < -0.3 is 10.1 Å². The molecule has 0 atom stereocenters. The molecular weight excluding hydrogens is 269 g/mol. The lowest BCUT2D eigenvalue weighted by atomic mass is 10.3. The molecule has 1 N–H and O–H groups in total. The number of anilines is 1. The molecule has 1 aromatic carbocycles. The molecule has 0 saturated carbocycles. The summed E-state index contributed by atoms with van der Waals surface area (Å²) in [6.45, 7) is 4.48. The highest BCUT2D eigenvalue weighted by atomic mass is 35.5. The maximum absolute atomic E-state index is 13.0. The van der Waals surface area contributed by atoms with E-state index in [0.29, 0.717) is 24.1 Å². The van der Waals surface area contributed by atoms with Crippen molar-refractivity contribution in [2.45, 2.75) is 13.8 Å². The van der Waals surface area contributed by atoms with E-state index in [-0.39, 0.29) is 5.02 Å². The van der Waals surface area contributed by atoms with Gasteiger partial charge in [-0.15, -0.1) is 0 Å². The van der Waals surface area contributed by atoms with Gasteiger partial charge in [-0.3, -0.25) is 0 Å². The Morgan fingerprint density at radius 2 is 2.21 bits per heavy atom. The monoisotopic (exact) mass is 281 g/mol. The summed E-state index contributed by atoms with van der Waals surface area (Å²) in [5, 5.41) is 3.19. The predicted octanol–water partition coefficient (Wildman–Crippen LogP) is 3.80. The van der Waals surface area contributed by atoms with Gasteiger partial charge in [0.1, 0.15) is 11.6 Å². The molecule has 4 nitrogen and oxygen atoms in total. The molecule has 2 rings (SSSR count). The highest BCUT2D eigenvalue weighted by Gasteiger charge is 2.09. The Labute approximate surface area is 115 Å². The van der Waals surface area contributed by atoms with E-state index in [2.05, 4.69) is 15.3 Å². The van der Waals surface area contributed by atoms with Crippen LogP contribution in [-0.2, 0) is 0 Å². The van der Waals surface area contributed by atoms with Crippen LogP contribution in [0.3, 0.4) is 0 Å². The molecule has 0 unspecified atom stereocenters. The lowest BCUT2D eigenvalue weighted by Crippen LogP contribution is -2.03. The van der Waals surface area contributed by atoms with Crippen molar-refractivity contribution in [1.29, 1.82) is 0 Å². The molecule has 0 aliphatic heterocycles. The molecule has 0 saturated heterocycles. The van der Waals surface area contributed by atoms with Crippen molar-refractivity contribution in [2.24, 2.45) is 0 Å². The number of hydrogen-bond acceptors (Lipinski definition) is 4. The number of aromatic nitrogens is 2. The van der Waals surface area contributed by atoms with Crippen LogP contribution in [0.15, 0.2) is 24.4 Å². The Balaban J connectivity index is 2.29. The highest BCUT2D eigenvalue weighted by molar-refractivity contribution is 6.32. The third kappa shape index (κ3) is 3.32. The zero-order valence-electron chi connectivity index (χ0n) is 10.6. The molecular formula is C13H13ClFN3O. The van der Waals surface area contributed by atoms with Gasteiger partial charge in [-0.2, -0.15) is 4.98 Å². The van der Waals surface area contributed by atoms with Crippen LogP contribution in [0.1, 0.15) is 12.5 Å². The van der Waals surface area contributed by atoms with Crippen LogP contribution in [0.5, 0.6) is 11.6 Å². The summed E-state index contributed by atoms with van der Waals surface area (Å²) in [5.41, 5.74) is 0.766. The average molecular weight is 282 g/mol. The van der Waals surface area contributed by atoms with Gasteiger partial charge >= 0.3 is 0 Å². The number of benzene rings is 1. The first kappa shape index (κ1) is 13.5. The maximum Gasteiger partial charge on any atom is 0.227 e. The van der Waals surface area contributed by atoms with Crippen LogP contribution in [0, 0.1) is 12.7 Å². The first-order valence-electron chi connectivity index (χ1n) is 5.80. The van der Waals surface area contributed by atoms with Crippen LogP contribution in [0.2, 0.25) is 5.02 Å². The molecule has 2 aromatic rings. The smallest absolute Gasteiger partial charge is 0.227 e. The zero-order valence-corrected chi connectivity index (χ0v) is 11.3. The summed E-state index contributed by atoms with van der Waals surface area (Å²) in [6.07, 6.45) is 1.65. The van der Waals surface area contributed by atoms with E-state index in [1.165, 1.54) is 18.2 Å². The summed E-state index contributed by atoms with van der Waals surface area (Å²) in [7, 11) is 0. The van der Waals surface area contributed by atoms with E-state index in [1.807, 2.05) is 13.8 Å². The number of rotatable bonds is 4. The SMILES string of the molecule is CCNc1ncc(C)c(Oc2ccc(F)cc2Cl)n1. The number of halogens is 2. The molecule has 0 radical (unpaired) electrons. The molecule has 0 spiro atoms. The molecule has 19 heavy (non-hydrogen) atoms. The largest absolute Gasteiger partial charge is 0.437 e. The molecule has 0 bridgehead atoms. The number of ether oxygens (including phenoxy) is 1. The molecule has 6 heteroatoms. The predicted molar refractivity (Wildman–Crippen MR) is 72.4 cm³/mol. The number of aryl methyl sites for hydroxylation is 1. The van der Waals surface area contributed by atoms with Crippen molar-refractivity contribution in [3.63, 3.8) is 0 Å². The third-order valence-corrected chi connectivity index (χ3v) is 2.66. The Morgan fingerprint density at radius 1 is 1.42 bits per heavy atom. The van der Waals surface area contributed by atoms with Crippen LogP contribution in [-0.4, -0.2) is 16.5 Å². The molecule has 1 heterocycles. The third-order valence-electron chi connectivity index (χ3n) is 2.36. The van der Waals surface area contributed by atoms with Gasteiger partial charge in [0.2, 0.25) is 11.8 Å². The van der Waals surface area contributed by atoms with E-state index >= 15 is 0 Å². The number of hydrogen-bond donors (Lipinski definition) is 1. The van der Waals surface area contributed by atoms with Crippen molar-refractivity contribution >= 4 is 17.5 Å². The van der Waals surface area contributed by atoms with Crippen LogP contribution < -0.4 is 10.1 Å². The van der Waals surface area contributed by atoms with Gasteiger partial charge in [0.15, 0.2) is 0 Å². The normalized spacial score (nSPS) is 10.3. The topological polar surface area (TPSA) is 47.0 Å². The second kappa shape index (κ2) is 5.84. The second-order valence-electron chi connectivity index (χ2n) is 3.89. The standard InChI is InChI=1S/C13H13ClFN3O/c1-3-16-13-17-7-8(2)12(18-13)19-11-5-4-9(15)6-10(11)14/h4-7H,3H2,1-2H3,(H,16,17,18). The zero-order chi connectivity index (χ0) is 13.8. The lowest BCUT2D eigenvalue weighted by molar-refractivity contribution is 0.457. The van der Waals surface area contributed by atoms with Crippen LogP contribution in [0.4, 0.5) is 10.3 Å². The average Bonchev–Trinajstić information content (AvgIpc) is 2.37. The Bertz CT molecular complexity index is 592. The molecule has 0 amide bonds. The Hall–Kier alpha value is -1.88. The summed E-state index contributed by atoms with van der Waals surface area (Å²) in [5.74, 6) is 0.804. The van der Waals surface area contributed by atoms with Gasteiger partial charge in [0.25, 0.3) is 0 Å². The number of nitrogens with one attached hydrogen (secondary N) is 1.